The van der Waals surface area contributed by atoms with Gasteiger partial charge in [-0.05, 0) is 29.8 Å². The first-order valence-corrected chi connectivity index (χ1v) is 6.54. The summed E-state index contributed by atoms with van der Waals surface area (Å²) in [5, 5.41) is 2.83. The van der Waals surface area contributed by atoms with Gasteiger partial charge < -0.3 is 15.8 Å². The molecule has 0 radical (unpaired) electrons. The van der Waals surface area contributed by atoms with Crippen LogP contribution in [-0.4, -0.2) is 12.5 Å². The Labute approximate surface area is 118 Å². The molecule has 0 aliphatic rings. The van der Waals surface area contributed by atoms with E-state index in [1.54, 1.807) is 0 Å². The molecule has 0 unspecified atom stereocenters. The fourth-order valence-corrected chi connectivity index (χ4v) is 1.78. The number of benzene rings is 2. The zero-order valence-corrected chi connectivity index (χ0v) is 11.2. The van der Waals surface area contributed by atoms with Crippen LogP contribution >= 0.6 is 0 Å². The van der Waals surface area contributed by atoms with Gasteiger partial charge in [-0.1, -0.05) is 30.3 Å². The predicted molar refractivity (Wildman–Crippen MR) is 79.5 cm³/mol. The largest absolute Gasteiger partial charge is 0.493 e. The molecule has 0 spiro atoms. The molecule has 104 valence electrons. The second kappa shape index (κ2) is 7.31. The minimum absolute atomic E-state index is 0.0740. The van der Waals surface area contributed by atoms with Crippen LogP contribution in [0.4, 0.5) is 5.69 Å². The number of carbonyl (C=O) groups is 1. The molecule has 0 fully saturated rings. The van der Waals surface area contributed by atoms with Gasteiger partial charge >= 0.3 is 0 Å². The molecule has 2 rings (SSSR count). The average molecular weight is 270 g/mol. The molecule has 2 aromatic carbocycles. The first kappa shape index (κ1) is 14.1. The van der Waals surface area contributed by atoms with Crippen molar-refractivity contribution in [1.29, 1.82) is 0 Å². The SMILES string of the molecule is NCc1cccc(NC(=O)CCOc2ccccc2)c1. The molecule has 0 aliphatic carbocycles. The van der Waals surface area contributed by atoms with E-state index >= 15 is 0 Å². The molecule has 1 amide bonds. The Morgan fingerprint density at radius 3 is 2.65 bits per heavy atom. The molecule has 0 heterocycles. The van der Waals surface area contributed by atoms with Gasteiger partial charge in [0.1, 0.15) is 5.75 Å². The highest BCUT2D eigenvalue weighted by Gasteiger charge is 2.03. The molecule has 0 saturated carbocycles. The molecule has 0 bridgehead atoms. The monoisotopic (exact) mass is 270 g/mol. The van der Waals surface area contributed by atoms with Crippen molar-refractivity contribution in [2.24, 2.45) is 5.73 Å². The van der Waals surface area contributed by atoms with Gasteiger partial charge in [-0.15, -0.1) is 0 Å². The summed E-state index contributed by atoms with van der Waals surface area (Å²) in [6.45, 7) is 0.813. The Bertz CT molecular complexity index is 555. The zero-order valence-electron chi connectivity index (χ0n) is 11.2. The first-order valence-electron chi connectivity index (χ1n) is 6.54. The van der Waals surface area contributed by atoms with E-state index < -0.39 is 0 Å². The van der Waals surface area contributed by atoms with Gasteiger partial charge in [0.05, 0.1) is 13.0 Å². The van der Waals surface area contributed by atoms with Crippen molar-refractivity contribution < 1.29 is 9.53 Å². The Kier molecular flexibility index (Phi) is 5.15. The topological polar surface area (TPSA) is 64.3 Å². The first-order chi connectivity index (χ1) is 9.78. The van der Waals surface area contributed by atoms with Crippen molar-refractivity contribution in [2.45, 2.75) is 13.0 Å². The van der Waals surface area contributed by atoms with E-state index in [1.807, 2.05) is 54.6 Å². The van der Waals surface area contributed by atoms with E-state index in [2.05, 4.69) is 5.32 Å². The summed E-state index contributed by atoms with van der Waals surface area (Å²) in [6.07, 6.45) is 0.307. The van der Waals surface area contributed by atoms with Crippen molar-refractivity contribution in [3.8, 4) is 5.75 Å². The Hall–Kier alpha value is -2.33. The van der Waals surface area contributed by atoms with Crippen LogP contribution in [0.15, 0.2) is 54.6 Å². The molecule has 2 aromatic rings. The fourth-order valence-electron chi connectivity index (χ4n) is 1.78. The third-order valence-electron chi connectivity index (χ3n) is 2.79. The number of nitrogens with two attached hydrogens (primary N) is 1. The van der Waals surface area contributed by atoms with Crippen molar-refractivity contribution in [2.75, 3.05) is 11.9 Å². The van der Waals surface area contributed by atoms with Crippen LogP contribution in [-0.2, 0) is 11.3 Å². The molecule has 20 heavy (non-hydrogen) atoms. The molecule has 3 N–H and O–H groups in total. The van der Waals surface area contributed by atoms with Gasteiger partial charge in [-0.25, -0.2) is 0 Å². The number of hydrogen-bond acceptors (Lipinski definition) is 3. The van der Waals surface area contributed by atoms with E-state index in [9.17, 15) is 4.79 Å². The van der Waals surface area contributed by atoms with E-state index in [1.165, 1.54) is 0 Å². The Balaban J connectivity index is 1.77. The van der Waals surface area contributed by atoms with Crippen LogP contribution in [0.25, 0.3) is 0 Å². The lowest BCUT2D eigenvalue weighted by molar-refractivity contribution is -0.116. The van der Waals surface area contributed by atoms with Gasteiger partial charge in [0.15, 0.2) is 0 Å². The number of para-hydroxylation sites is 1. The number of ether oxygens (including phenoxy) is 1. The van der Waals surface area contributed by atoms with E-state index in [-0.39, 0.29) is 5.91 Å². The summed E-state index contributed by atoms with van der Waals surface area (Å²) in [4.78, 5) is 11.8. The molecule has 0 atom stereocenters. The minimum atomic E-state index is -0.0740. The second-order valence-electron chi connectivity index (χ2n) is 4.36. The number of amides is 1. The number of anilines is 1. The third-order valence-corrected chi connectivity index (χ3v) is 2.79. The lowest BCUT2D eigenvalue weighted by Gasteiger charge is -2.08. The molecule has 0 aromatic heterocycles. The maximum Gasteiger partial charge on any atom is 0.227 e. The predicted octanol–water partition coefficient (Wildman–Crippen LogP) is 2.55. The molecule has 0 saturated heterocycles. The minimum Gasteiger partial charge on any atom is -0.493 e. The van der Waals surface area contributed by atoms with Crippen LogP contribution in [0, 0.1) is 0 Å². The summed E-state index contributed by atoms with van der Waals surface area (Å²) in [5.41, 5.74) is 7.31. The quantitative estimate of drug-likeness (QED) is 0.848. The van der Waals surface area contributed by atoms with Crippen LogP contribution in [0.1, 0.15) is 12.0 Å². The van der Waals surface area contributed by atoms with Gasteiger partial charge in [0, 0.05) is 12.2 Å². The number of hydrogen-bond donors (Lipinski definition) is 2. The smallest absolute Gasteiger partial charge is 0.227 e. The van der Waals surface area contributed by atoms with Crippen molar-refractivity contribution in [3.63, 3.8) is 0 Å². The Morgan fingerprint density at radius 1 is 1.10 bits per heavy atom. The zero-order chi connectivity index (χ0) is 14.2. The van der Waals surface area contributed by atoms with Gasteiger partial charge in [-0.3, -0.25) is 4.79 Å². The molecule has 4 nitrogen and oxygen atoms in total. The lowest BCUT2D eigenvalue weighted by Crippen LogP contribution is -2.15. The van der Waals surface area contributed by atoms with Gasteiger partial charge in [0.25, 0.3) is 0 Å². The number of carbonyl (C=O) groups excluding carboxylic acids is 1. The third kappa shape index (κ3) is 4.40. The van der Waals surface area contributed by atoms with E-state index in [0.717, 1.165) is 17.0 Å². The second-order valence-corrected chi connectivity index (χ2v) is 4.36. The lowest BCUT2D eigenvalue weighted by atomic mass is 10.2. The molecule has 4 heteroatoms. The molecule has 0 aliphatic heterocycles. The summed E-state index contributed by atoms with van der Waals surface area (Å²) < 4.78 is 5.48. The maximum absolute atomic E-state index is 11.8. The fraction of sp³-hybridized carbons (Fsp3) is 0.188. The normalized spacial score (nSPS) is 10.1. The number of rotatable bonds is 6. The van der Waals surface area contributed by atoms with E-state index in [4.69, 9.17) is 10.5 Å². The molecular weight excluding hydrogens is 252 g/mol. The van der Waals surface area contributed by atoms with Gasteiger partial charge in [-0.2, -0.15) is 0 Å². The van der Waals surface area contributed by atoms with Crippen LogP contribution < -0.4 is 15.8 Å². The summed E-state index contributed by atoms with van der Waals surface area (Å²) in [7, 11) is 0. The highest BCUT2D eigenvalue weighted by Crippen LogP contribution is 2.11. The van der Waals surface area contributed by atoms with Crippen molar-refractivity contribution >= 4 is 11.6 Å². The van der Waals surface area contributed by atoms with E-state index in [0.29, 0.717) is 19.6 Å². The van der Waals surface area contributed by atoms with Crippen LogP contribution in [0.2, 0.25) is 0 Å². The van der Waals surface area contributed by atoms with Crippen molar-refractivity contribution in [3.05, 3.63) is 60.2 Å². The highest BCUT2D eigenvalue weighted by molar-refractivity contribution is 5.90. The molecular formula is C16H18N2O2. The highest BCUT2D eigenvalue weighted by atomic mass is 16.5. The summed E-state index contributed by atoms with van der Waals surface area (Å²) in [6, 6.07) is 17.0. The van der Waals surface area contributed by atoms with Crippen LogP contribution in [0.5, 0.6) is 5.75 Å². The summed E-state index contributed by atoms with van der Waals surface area (Å²) >= 11 is 0. The maximum atomic E-state index is 11.8. The van der Waals surface area contributed by atoms with Gasteiger partial charge in [0.2, 0.25) is 5.91 Å². The summed E-state index contributed by atoms with van der Waals surface area (Å²) in [5.74, 6) is 0.695. The Morgan fingerprint density at radius 2 is 1.90 bits per heavy atom. The average Bonchev–Trinajstić information content (AvgIpc) is 2.48. The standard InChI is InChI=1S/C16H18N2O2/c17-12-13-5-4-6-14(11-13)18-16(19)9-10-20-15-7-2-1-3-8-15/h1-8,11H,9-10,12,17H2,(H,18,19). The van der Waals surface area contributed by atoms with Crippen molar-refractivity contribution in [1.82, 2.24) is 0 Å². The van der Waals surface area contributed by atoms with Crippen LogP contribution in [0.3, 0.4) is 0 Å². The number of nitrogens with one attached hydrogen (secondary N) is 1.